The van der Waals surface area contributed by atoms with Gasteiger partial charge in [-0.2, -0.15) is 0 Å². The molecule has 0 aromatic heterocycles. The molecule has 0 aliphatic heterocycles. The van der Waals surface area contributed by atoms with Crippen LogP contribution < -0.4 is 10.6 Å². The number of carbonyl (C=O) groups is 3. The number of carbonyl (C=O) groups excluding carboxylic acids is 3. The lowest BCUT2D eigenvalue weighted by Crippen LogP contribution is -2.30. The fourth-order valence-electron chi connectivity index (χ4n) is 2.35. The summed E-state index contributed by atoms with van der Waals surface area (Å²) in [5.74, 6) is -1.04. The second kappa shape index (κ2) is 9.80. The zero-order valence-corrected chi connectivity index (χ0v) is 16.7. The van der Waals surface area contributed by atoms with E-state index in [1.54, 1.807) is 49.4 Å². The second-order valence-electron chi connectivity index (χ2n) is 5.93. The highest BCUT2D eigenvalue weighted by Crippen LogP contribution is 2.17. The van der Waals surface area contributed by atoms with E-state index in [2.05, 4.69) is 10.6 Å². The zero-order valence-electron chi connectivity index (χ0n) is 15.9. The first kappa shape index (κ1) is 21.3. The standard InChI is InChI=1S/C20H22N2O5S/c1-4-28(26)18-8-6-5-7-17(18)20(25)27-13(2)19(24)22-16-11-9-15(10-12-16)21-14(3)23/h5-13H,4H2,1-3H3,(H,21,23)(H,22,24)/t13-,28-/m1/s1. The average Bonchev–Trinajstić information content (AvgIpc) is 2.68. The normalized spacial score (nSPS) is 12.5. The number of rotatable bonds is 7. The maximum Gasteiger partial charge on any atom is 0.340 e. The molecule has 0 spiro atoms. The minimum atomic E-state index is -1.32. The molecular weight excluding hydrogens is 380 g/mol. The van der Waals surface area contributed by atoms with Crippen LogP contribution >= 0.6 is 0 Å². The summed E-state index contributed by atoms with van der Waals surface area (Å²) in [6.07, 6.45) is -1.05. The molecule has 2 amide bonds. The number of ether oxygens (including phenoxy) is 1. The van der Waals surface area contributed by atoms with E-state index >= 15 is 0 Å². The number of esters is 1. The van der Waals surface area contributed by atoms with E-state index < -0.39 is 28.8 Å². The van der Waals surface area contributed by atoms with Crippen LogP contribution in [0.2, 0.25) is 0 Å². The molecule has 0 saturated carbocycles. The number of hydrogen-bond donors (Lipinski definition) is 2. The van der Waals surface area contributed by atoms with Gasteiger partial charge in [-0.3, -0.25) is 13.8 Å². The first-order valence-electron chi connectivity index (χ1n) is 8.68. The van der Waals surface area contributed by atoms with Gasteiger partial charge in [0.15, 0.2) is 6.10 Å². The van der Waals surface area contributed by atoms with Crippen molar-refractivity contribution in [1.82, 2.24) is 0 Å². The molecule has 0 fully saturated rings. The van der Waals surface area contributed by atoms with Crippen molar-refractivity contribution in [2.45, 2.75) is 31.8 Å². The maximum absolute atomic E-state index is 12.4. The summed E-state index contributed by atoms with van der Waals surface area (Å²) in [6, 6.07) is 13.0. The highest BCUT2D eigenvalue weighted by Gasteiger charge is 2.22. The van der Waals surface area contributed by atoms with E-state index in [0.29, 0.717) is 22.0 Å². The van der Waals surface area contributed by atoms with Crippen LogP contribution in [0.25, 0.3) is 0 Å². The van der Waals surface area contributed by atoms with Crippen molar-refractivity contribution in [2.75, 3.05) is 16.4 Å². The third kappa shape index (κ3) is 5.75. The molecule has 0 bridgehead atoms. The van der Waals surface area contributed by atoms with E-state index in [0.717, 1.165) is 0 Å². The Balaban J connectivity index is 2.01. The van der Waals surface area contributed by atoms with E-state index in [9.17, 15) is 18.6 Å². The zero-order chi connectivity index (χ0) is 20.7. The van der Waals surface area contributed by atoms with Crippen molar-refractivity contribution >= 4 is 40.0 Å². The Hall–Kier alpha value is -3.00. The van der Waals surface area contributed by atoms with E-state index in [-0.39, 0.29) is 11.5 Å². The minimum Gasteiger partial charge on any atom is -0.449 e. The predicted octanol–water partition coefficient (Wildman–Crippen LogP) is 2.96. The Bertz CT molecular complexity index is 896. The minimum absolute atomic E-state index is 0.182. The lowest BCUT2D eigenvalue weighted by molar-refractivity contribution is -0.123. The van der Waals surface area contributed by atoms with Crippen LogP contribution in [0.5, 0.6) is 0 Å². The Morgan fingerprint density at radius 3 is 2.14 bits per heavy atom. The molecule has 7 nitrogen and oxygen atoms in total. The van der Waals surface area contributed by atoms with E-state index in [4.69, 9.17) is 4.74 Å². The molecule has 0 radical (unpaired) electrons. The van der Waals surface area contributed by atoms with E-state index in [1.807, 2.05) is 0 Å². The molecule has 0 heterocycles. The van der Waals surface area contributed by atoms with Gasteiger partial charge in [-0.25, -0.2) is 4.79 Å². The quantitative estimate of drug-likeness (QED) is 0.694. The number of anilines is 2. The van der Waals surface area contributed by atoms with Crippen LogP contribution in [0.4, 0.5) is 11.4 Å². The Morgan fingerprint density at radius 1 is 1.00 bits per heavy atom. The molecule has 2 N–H and O–H groups in total. The third-order valence-corrected chi connectivity index (χ3v) is 5.11. The fourth-order valence-corrected chi connectivity index (χ4v) is 3.29. The van der Waals surface area contributed by atoms with Crippen molar-refractivity contribution in [3.05, 3.63) is 54.1 Å². The van der Waals surface area contributed by atoms with E-state index in [1.165, 1.54) is 19.9 Å². The lowest BCUT2D eigenvalue weighted by Gasteiger charge is -2.15. The summed E-state index contributed by atoms with van der Waals surface area (Å²) in [4.78, 5) is 36.1. The number of nitrogens with one attached hydrogen (secondary N) is 2. The monoisotopic (exact) mass is 402 g/mol. The van der Waals surface area contributed by atoms with Gasteiger partial charge < -0.3 is 15.4 Å². The van der Waals surface area contributed by atoms with Crippen LogP contribution in [0.3, 0.4) is 0 Å². The van der Waals surface area contributed by atoms with Gasteiger partial charge in [0.05, 0.1) is 21.3 Å². The van der Waals surface area contributed by atoms with Crippen molar-refractivity contribution in [2.24, 2.45) is 0 Å². The Morgan fingerprint density at radius 2 is 1.57 bits per heavy atom. The first-order valence-corrected chi connectivity index (χ1v) is 10.0. The van der Waals surface area contributed by atoms with Crippen LogP contribution in [0.1, 0.15) is 31.1 Å². The SMILES string of the molecule is CC[S@@](=O)c1ccccc1C(=O)O[C@H](C)C(=O)Nc1ccc(NC(C)=O)cc1. The predicted molar refractivity (Wildman–Crippen MR) is 108 cm³/mol. The van der Waals surface area contributed by atoms with Crippen molar-refractivity contribution in [3.63, 3.8) is 0 Å². The molecule has 2 rings (SSSR count). The van der Waals surface area contributed by atoms with Crippen LogP contribution in [-0.4, -0.2) is 33.8 Å². The van der Waals surface area contributed by atoms with Crippen molar-refractivity contribution in [3.8, 4) is 0 Å². The molecule has 0 saturated heterocycles. The van der Waals surface area contributed by atoms with Crippen molar-refractivity contribution in [1.29, 1.82) is 0 Å². The summed E-state index contributed by atoms with van der Waals surface area (Å²) < 4.78 is 17.3. The number of amides is 2. The molecule has 0 aliphatic rings. The number of hydrogen-bond acceptors (Lipinski definition) is 5. The van der Waals surface area contributed by atoms with Crippen LogP contribution in [0.15, 0.2) is 53.4 Å². The van der Waals surface area contributed by atoms with Gasteiger partial charge in [-0.1, -0.05) is 19.1 Å². The topological polar surface area (TPSA) is 102 Å². The number of benzene rings is 2. The third-order valence-electron chi connectivity index (χ3n) is 3.74. The molecule has 2 aromatic carbocycles. The first-order chi connectivity index (χ1) is 13.3. The van der Waals surface area contributed by atoms with Gasteiger partial charge in [0, 0.05) is 24.1 Å². The molecule has 28 heavy (non-hydrogen) atoms. The van der Waals surface area contributed by atoms with Crippen LogP contribution in [0, 0.1) is 0 Å². The van der Waals surface area contributed by atoms with Gasteiger partial charge in [0.1, 0.15) is 0 Å². The Kier molecular flexibility index (Phi) is 7.45. The summed E-state index contributed by atoms with van der Waals surface area (Å²) in [5, 5.41) is 5.26. The molecule has 2 aromatic rings. The van der Waals surface area contributed by atoms with Gasteiger partial charge in [-0.15, -0.1) is 0 Å². The summed E-state index contributed by atoms with van der Waals surface area (Å²) in [6.45, 7) is 4.61. The molecule has 0 aliphatic carbocycles. The van der Waals surface area contributed by atoms with Gasteiger partial charge >= 0.3 is 5.97 Å². The molecule has 2 atom stereocenters. The fraction of sp³-hybridized carbons (Fsp3) is 0.250. The lowest BCUT2D eigenvalue weighted by atomic mass is 10.2. The van der Waals surface area contributed by atoms with Gasteiger partial charge in [0.25, 0.3) is 5.91 Å². The smallest absolute Gasteiger partial charge is 0.340 e. The summed E-state index contributed by atoms with van der Waals surface area (Å²) >= 11 is 0. The molecule has 148 valence electrons. The summed E-state index contributed by atoms with van der Waals surface area (Å²) in [7, 11) is -1.32. The molecular formula is C20H22N2O5S. The second-order valence-corrected chi connectivity index (χ2v) is 7.63. The highest BCUT2D eigenvalue weighted by atomic mass is 32.2. The Labute approximate surface area is 165 Å². The largest absolute Gasteiger partial charge is 0.449 e. The molecule has 8 heteroatoms. The summed E-state index contributed by atoms with van der Waals surface area (Å²) in [5.41, 5.74) is 1.28. The molecule has 0 unspecified atom stereocenters. The highest BCUT2D eigenvalue weighted by molar-refractivity contribution is 7.85. The van der Waals surface area contributed by atoms with Crippen molar-refractivity contribution < 1.29 is 23.3 Å². The van der Waals surface area contributed by atoms with Crippen LogP contribution in [-0.2, 0) is 25.1 Å². The van der Waals surface area contributed by atoms with Gasteiger partial charge in [0.2, 0.25) is 5.91 Å². The average molecular weight is 402 g/mol. The van der Waals surface area contributed by atoms with Gasteiger partial charge in [-0.05, 0) is 43.3 Å². The maximum atomic E-state index is 12.4.